The molecule has 3 atom stereocenters. The summed E-state index contributed by atoms with van der Waals surface area (Å²) in [4.78, 5) is 11.7. The molecule has 1 amide bonds. The first-order valence-electron chi connectivity index (χ1n) is 5.67. The van der Waals surface area contributed by atoms with E-state index in [4.69, 9.17) is 10.5 Å². The van der Waals surface area contributed by atoms with E-state index in [0.29, 0.717) is 6.54 Å². The molecule has 0 aromatic carbocycles. The molecular formula is C12H20N2O2. The van der Waals surface area contributed by atoms with Gasteiger partial charge in [-0.2, -0.15) is 0 Å². The molecule has 1 unspecified atom stereocenters. The zero-order valence-corrected chi connectivity index (χ0v) is 9.85. The average Bonchev–Trinajstić information content (AvgIpc) is 2.35. The number of nitrogens with two attached hydrogens (primary N) is 1. The van der Waals surface area contributed by atoms with E-state index in [2.05, 4.69) is 5.32 Å². The molecule has 0 aromatic heterocycles. The molecule has 1 heterocycles. The number of amides is 1. The number of nitrogens with one attached hydrogen (secondary N) is 1. The van der Waals surface area contributed by atoms with Crippen molar-refractivity contribution < 1.29 is 9.53 Å². The van der Waals surface area contributed by atoms with Crippen molar-refractivity contribution in [1.82, 2.24) is 5.32 Å². The molecule has 0 aromatic rings. The molecule has 4 heteroatoms. The zero-order valence-electron chi connectivity index (χ0n) is 9.85. The summed E-state index contributed by atoms with van der Waals surface area (Å²) >= 11 is 0. The van der Waals surface area contributed by atoms with Crippen molar-refractivity contribution >= 4 is 5.91 Å². The van der Waals surface area contributed by atoms with E-state index in [1.165, 1.54) is 0 Å². The second-order valence-electron chi connectivity index (χ2n) is 4.04. The Hall–Kier alpha value is -1.29. The predicted octanol–water partition coefficient (Wildman–Crippen LogP) is 0.945. The van der Waals surface area contributed by atoms with Gasteiger partial charge in [-0.15, -0.1) is 0 Å². The maximum Gasteiger partial charge on any atom is 0.237 e. The predicted molar refractivity (Wildman–Crippen MR) is 63.6 cm³/mol. The molecule has 0 radical (unpaired) electrons. The Bertz CT molecular complexity index is 287. The van der Waals surface area contributed by atoms with Crippen LogP contribution in [-0.4, -0.2) is 24.6 Å². The van der Waals surface area contributed by atoms with Gasteiger partial charge in [0.2, 0.25) is 5.91 Å². The lowest BCUT2D eigenvalue weighted by Crippen LogP contribution is -2.46. The topological polar surface area (TPSA) is 64.4 Å². The number of rotatable bonds is 5. The van der Waals surface area contributed by atoms with Gasteiger partial charge in [-0.1, -0.05) is 26.3 Å². The van der Waals surface area contributed by atoms with Gasteiger partial charge in [-0.25, -0.2) is 0 Å². The molecule has 0 saturated heterocycles. The van der Waals surface area contributed by atoms with Crippen LogP contribution in [0.5, 0.6) is 0 Å². The Labute approximate surface area is 96.5 Å². The Morgan fingerprint density at radius 1 is 1.56 bits per heavy atom. The highest BCUT2D eigenvalue weighted by Crippen LogP contribution is 2.06. The standard InChI is InChI=1S/C12H20N2O2/c1-3-9(2)11(13)12(15)14-8-10-6-4-5-7-16-10/h4-7,9-11H,3,8,13H2,1-2H3,(H,14,15)/t9-,10?,11-/m0/s1. The molecular weight excluding hydrogens is 204 g/mol. The van der Waals surface area contributed by atoms with Crippen molar-refractivity contribution in [3.05, 3.63) is 24.5 Å². The van der Waals surface area contributed by atoms with Gasteiger partial charge in [-0.3, -0.25) is 4.79 Å². The number of hydrogen-bond donors (Lipinski definition) is 2. The van der Waals surface area contributed by atoms with Crippen LogP contribution in [0, 0.1) is 5.92 Å². The van der Waals surface area contributed by atoms with Crippen LogP contribution in [0.4, 0.5) is 0 Å². The Morgan fingerprint density at radius 3 is 2.88 bits per heavy atom. The van der Waals surface area contributed by atoms with E-state index in [1.807, 2.05) is 32.1 Å². The molecule has 90 valence electrons. The molecule has 3 N–H and O–H groups in total. The first-order valence-corrected chi connectivity index (χ1v) is 5.67. The maximum atomic E-state index is 11.7. The third kappa shape index (κ3) is 3.70. The van der Waals surface area contributed by atoms with Crippen LogP contribution in [0.25, 0.3) is 0 Å². The quantitative estimate of drug-likeness (QED) is 0.730. The second-order valence-corrected chi connectivity index (χ2v) is 4.04. The van der Waals surface area contributed by atoms with Crippen LogP contribution in [0.3, 0.4) is 0 Å². The van der Waals surface area contributed by atoms with Gasteiger partial charge in [0.05, 0.1) is 18.8 Å². The summed E-state index contributed by atoms with van der Waals surface area (Å²) in [5.74, 6) is 0.0867. The molecule has 0 spiro atoms. The molecule has 0 saturated carbocycles. The van der Waals surface area contributed by atoms with E-state index < -0.39 is 6.04 Å². The van der Waals surface area contributed by atoms with E-state index in [9.17, 15) is 4.79 Å². The molecule has 16 heavy (non-hydrogen) atoms. The smallest absolute Gasteiger partial charge is 0.237 e. The molecule has 1 rings (SSSR count). The Morgan fingerprint density at radius 2 is 2.31 bits per heavy atom. The SMILES string of the molecule is CC[C@H](C)[C@H](N)C(=O)NCC1C=CC=CO1. The first-order chi connectivity index (χ1) is 7.65. The number of carbonyl (C=O) groups excluding carboxylic acids is 1. The summed E-state index contributed by atoms with van der Waals surface area (Å²) in [5, 5.41) is 2.79. The van der Waals surface area contributed by atoms with Crippen molar-refractivity contribution in [3.63, 3.8) is 0 Å². The minimum atomic E-state index is -0.437. The Balaban J connectivity index is 2.29. The lowest BCUT2D eigenvalue weighted by atomic mass is 9.99. The van der Waals surface area contributed by atoms with Crippen LogP contribution in [0.1, 0.15) is 20.3 Å². The van der Waals surface area contributed by atoms with Crippen molar-refractivity contribution in [2.45, 2.75) is 32.4 Å². The fourth-order valence-corrected chi connectivity index (χ4v) is 1.37. The highest BCUT2D eigenvalue weighted by molar-refractivity contribution is 5.81. The number of carbonyl (C=O) groups is 1. The summed E-state index contributed by atoms with van der Waals surface area (Å²) in [6.07, 6.45) is 8.04. The van der Waals surface area contributed by atoms with Gasteiger partial charge in [0, 0.05) is 0 Å². The zero-order chi connectivity index (χ0) is 12.0. The van der Waals surface area contributed by atoms with Gasteiger partial charge < -0.3 is 15.8 Å². The lowest BCUT2D eigenvalue weighted by Gasteiger charge is -2.20. The van der Waals surface area contributed by atoms with Crippen molar-refractivity contribution in [1.29, 1.82) is 0 Å². The fraction of sp³-hybridized carbons (Fsp3) is 0.583. The highest BCUT2D eigenvalue weighted by Gasteiger charge is 2.19. The van der Waals surface area contributed by atoms with E-state index in [1.54, 1.807) is 6.26 Å². The van der Waals surface area contributed by atoms with Gasteiger partial charge in [0.1, 0.15) is 6.10 Å². The van der Waals surface area contributed by atoms with Crippen molar-refractivity contribution in [2.75, 3.05) is 6.54 Å². The van der Waals surface area contributed by atoms with E-state index in [0.717, 1.165) is 6.42 Å². The van der Waals surface area contributed by atoms with Crippen molar-refractivity contribution in [2.24, 2.45) is 11.7 Å². The van der Waals surface area contributed by atoms with Gasteiger partial charge in [0.25, 0.3) is 0 Å². The number of ether oxygens (including phenoxy) is 1. The summed E-state index contributed by atoms with van der Waals surface area (Å²) < 4.78 is 5.27. The van der Waals surface area contributed by atoms with E-state index in [-0.39, 0.29) is 17.9 Å². The van der Waals surface area contributed by atoms with E-state index >= 15 is 0 Å². The summed E-state index contributed by atoms with van der Waals surface area (Å²) in [7, 11) is 0. The minimum Gasteiger partial charge on any atom is -0.492 e. The number of allylic oxidation sites excluding steroid dienone is 2. The summed E-state index contributed by atoms with van der Waals surface area (Å²) in [6, 6.07) is -0.437. The van der Waals surface area contributed by atoms with Crippen molar-refractivity contribution in [3.8, 4) is 0 Å². The van der Waals surface area contributed by atoms with Gasteiger partial charge in [0.15, 0.2) is 0 Å². The molecule has 1 aliphatic heterocycles. The lowest BCUT2D eigenvalue weighted by molar-refractivity contribution is -0.123. The number of hydrogen-bond acceptors (Lipinski definition) is 3. The second kappa shape index (κ2) is 6.33. The van der Waals surface area contributed by atoms with Gasteiger partial charge in [-0.05, 0) is 18.1 Å². The van der Waals surface area contributed by atoms with Crippen LogP contribution < -0.4 is 11.1 Å². The van der Waals surface area contributed by atoms with Crippen LogP contribution >= 0.6 is 0 Å². The molecule has 0 bridgehead atoms. The molecule has 0 aliphatic carbocycles. The normalized spacial score (nSPS) is 22.3. The minimum absolute atomic E-state index is 0.0851. The fourth-order valence-electron chi connectivity index (χ4n) is 1.37. The summed E-state index contributed by atoms with van der Waals surface area (Å²) in [5.41, 5.74) is 5.80. The van der Waals surface area contributed by atoms with Crippen LogP contribution in [0.15, 0.2) is 24.5 Å². The molecule has 4 nitrogen and oxygen atoms in total. The highest BCUT2D eigenvalue weighted by atomic mass is 16.5. The third-order valence-corrected chi connectivity index (χ3v) is 2.81. The molecule has 0 fully saturated rings. The largest absolute Gasteiger partial charge is 0.492 e. The van der Waals surface area contributed by atoms with Gasteiger partial charge >= 0.3 is 0 Å². The maximum absolute atomic E-state index is 11.7. The summed E-state index contributed by atoms with van der Waals surface area (Å²) in [6.45, 7) is 4.46. The monoisotopic (exact) mass is 224 g/mol. The first kappa shape index (κ1) is 12.8. The Kier molecular flexibility index (Phi) is 5.05. The van der Waals surface area contributed by atoms with Crippen LogP contribution in [-0.2, 0) is 9.53 Å². The molecule has 1 aliphatic rings. The average molecular weight is 224 g/mol. The van der Waals surface area contributed by atoms with Crippen LogP contribution in [0.2, 0.25) is 0 Å². The third-order valence-electron chi connectivity index (χ3n) is 2.81.